The zero-order valence-electron chi connectivity index (χ0n) is 10.4. The number of aryl methyl sites for hydroxylation is 1. The predicted octanol–water partition coefficient (Wildman–Crippen LogP) is 2.69. The molecule has 0 saturated heterocycles. The Labute approximate surface area is 114 Å². The zero-order valence-corrected chi connectivity index (χ0v) is 12.0. The fourth-order valence-corrected chi connectivity index (χ4v) is 1.97. The van der Waals surface area contributed by atoms with Crippen molar-refractivity contribution < 1.29 is 14.7 Å². The number of nitrogens with zero attached hydrogens (tertiary/aromatic N) is 1. The third kappa shape index (κ3) is 3.73. The summed E-state index contributed by atoms with van der Waals surface area (Å²) in [5, 5.41) is 11.5. The van der Waals surface area contributed by atoms with E-state index in [1.54, 1.807) is 6.07 Å². The molecule has 0 heterocycles. The minimum absolute atomic E-state index is 0.456. The van der Waals surface area contributed by atoms with Crippen molar-refractivity contribution in [3.05, 3.63) is 28.2 Å². The van der Waals surface area contributed by atoms with Crippen molar-refractivity contribution in [2.75, 3.05) is 12.4 Å². The maximum Gasteiger partial charge on any atom is 0.326 e. The Hall–Kier alpha value is -1.56. The number of halogens is 1. The van der Waals surface area contributed by atoms with Gasteiger partial charge in [-0.05, 0) is 37.6 Å². The minimum atomic E-state index is -1.04. The van der Waals surface area contributed by atoms with Gasteiger partial charge >= 0.3 is 12.0 Å². The van der Waals surface area contributed by atoms with Crippen molar-refractivity contribution in [1.82, 2.24) is 4.90 Å². The fraction of sp³-hybridized carbons (Fsp3) is 0.333. The number of hydrogen-bond acceptors (Lipinski definition) is 2. The van der Waals surface area contributed by atoms with E-state index in [0.717, 1.165) is 14.9 Å². The second-order valence-corrected chi connectivity index (χ2v) is 4.99. The third-order valence-corrected chi connectivity index (χ3v) is 3.01. The Morgan fingerprint density at radius 2 is 2.00 bits per heavy atom. The molecule has 0 aromatic heterocycles. The van der Waals surface area contributed by atoms with Gasteiger partial charge < -0.3 is 15.3 Å². The molecular weight excluding hydrogens is 300 g/mol. The van der Waals surface area contributed by atoms with Crippen LogP contribution in [0, 0.1) is 6.92 Å². The van der Waals surface area contributed by atoms with E-state index in [2.05, 4.69) is 21.2 Å². The van der Waals surface area contributed by atoms with Crippen molar-refractivity contribution >= 4 is 33.6 Å². The molecule has 0 spiro atoms. The SMILES string of the molecule is Cc1cc(Br)cc(NC(=O)N(C)C(C)C(=O)O)c1. The quantitative estimate of drug-likeness (QED) is 0.901. The first-order valence-corrected chi connectivity index (χ1v) is 6.14. The molecule has 1 rings (SSSR count). The molecule has 0 bridgehead atoms. The van der Waals surface area contributed by atoms with E-state index < -0.39 is 18.0 Å². The Kier molecular flexibility index (Phi) is 4.72. The van der Waals surface area contributed by atoms with Gasteiger partial charge in [0.05, 0.1) is 0 Å². The number of carboxylic acid groups (broad SMARTS) is 1. The Morgan fingerprint density at radius 1 is 1.39 bits per heavy atom. The first-order chi connectivity index (χ1) is 8.31. The number of carbonyl (C=O) groups excluding carboxylic acids is 1. The molecule has 0 saturated carbocycles. The van der Waals surface area contributed by atoms with Crippen molar-refractivity contribution in [2.45, 2.75) is 19.9 Å². The highest BCUT2D eigenvalue weighted by Crippen LogP contribution is 2.19. The fourth-order valence-electron chi connectivity index (χ4n) is 1.36. The Balaban J connectivity index is 2.78. The summed E-state index contributed by atoms with van der Waals surface area (Å²) in [5.74, 6) is -1.04. The van der Waals surface area contributed by atoms with E-state index in [1.807, 2.05) is 19.1 Å². The lowest BCUT2D eigenvalue weighted by Crippen LogP contribution is -2.42. The molecule has 1 atom stereocenters. The van der Waals surface area contributed by atoms with Crippen LogP contribution in [0.5, 0.6) is 0 Å². The lowest BCUT2D eigenvalue weighted by atomic mass is 10.2. The summed E-state index contributed by atoms with van der Waals surface area (Å²) in [4.78, 5) is 23.7. The molecule has 0 aliphatic heterocycles. The first kappa shape index (κ1) is 14.5. The van der Waals surface area contributed by atoms with Gasteiger partial charge in [0.25, 0.3) is 0 Å². The standard InChI is InChI=1S/C12H15BrN2O3/c1-7-4-9(13)6-10(5-7)14-12(18)15(3)8(2)11(16)17/h4-6,8H,1-3H3,(H,14,18)(H,16,17). The van der Waals surface area contributed by atoms with Crippen molar-refractivity contribution in [2.24, 2.45) is 0 Å². The van der Waals surface area contributed by atoms with Gasteiger partial charge in [-0.2, -0.15) is 0 Å². The highest BCUT2D eigenvalue weighted by atomic mass is 79.9. The van der Waals surface area contributed by atoms with E-state index in [1.165, 1.54) is 14.0 Å². The van der Waals surface area contributed by atoms with Gasteiger partial charge in [0.15, 0.2) is 0 Å². The first-order valence-electron chi connectivity index (χ1n) is 5.35. The smallest absolute Gasteiger partial charge is 0.326 e. The summed E-state index contributed by atoms with van der Waals surface area (Å²) in [7, 11) is 1.44. The summed E-state index contributed by atoms with van der Waals surface area (Å²) in [6, 6.07) is 4.14. The lowest BCUT2D eigenvalue weighted by molar-refractivity contribution is -0.141. The number of nitrogens with one attached hydrogen (secondary N) is 1. The molecular formula is C12H15BrN2O3. The summed E-state index contributed by atoms with van der Waals surface area (Å²) in [5.41, 5.74) is 1.62. The highest BCUT2D eigenvalue weighted by molar-refractivity contribution is 9.10. The van der Waals surface area contributed by atoms with Crippen molar-refractivity contribution in [1.29, 1.82) is 0 Å². The van der Waals surface area contributed by atoms with Crippen LogP contribution < -0.4 is 5.32 Å². The van der Waals surface area contributed by atoms with Crippen molar-refractivity contribution in [3.8, 4) is 0 Å². The number of likely N-dealkylation sites (N-methyl/N-ethyl adjacent to an activating group) is 1. The topological polar surface area (TPSA) is 69.6 Å². The maximum absolute atomic E-state index is 11.8. The molecule has 98 valence electrons. The van der Waals surface area contributed by atoms with Crippen LogP contribution >= 0.6 is 15.9 Å². The van der Waals surface area contributed by atoms with Crippen LogP contribution in [-0.2, 0) is 4.79 Å². The molecule has 1 unspecified atom stereocenters. The number of rotatable bonds is 3. The van der Waals surface area contributed by atoms with E-state index in [9.17, 15) is 9.59 Å². The second-order valence-electron chi connectivity index (χ2n) is 4.07. The van der Waals surface area contributed by atoms with E-state index >= 15 is 0 Å². The number of urea groups is 1. The second kappa shape index (κ2) is 5.86. The Bertz CT molecular complexity index is 456. The molecule has 2 amide bonds. The summed E-state index contributed by atoms with van der Waals surface area (Å²) < 4.78 is 0.853. The van der Waals surface area contributed by atoms with Gasteiger partial charge in [-0.25, -0.2) is 9.59 Å². The van der Waals surface area contributed by atoms with Crippen LogP contribution in [0.2, 0.25) is 0 Å². The number of benzene rings is 1. The summed E-state index contributed by atoms with van der Waals surface area (Å²) in [6.07, 6.45) is 0. The predicted molar refractivity (Wildman–Crippen MR) is 72.8 cm³/mol. The Morgan fingerprint density at radius 3 is 2.50 bits per heavy atom. The number of carbonyl (C=O) groups is 2. The number of carboxylic acids is 1. The average Bonchev–Trinajstić information content (AvgIpc) is 2.25. The van der Waals surface area contributed by atoms with Gasteiger partial charge in [0, 0.05) is 17.2 Å². The normalized spacial score (nSPS) is 11.8. The number of hydrogen-bond donors (Lipinski definition) is 2. The number of aliphatic carboxylic acids is 1. The van der Waals surface area contributed by atoms with Gasteiger partial charge in [-0.3, -0.25) is 0 Å². The van der Waals surface area contributed by atoms with Gasteiger partial charge in [-0.1, -0.05) is 15.9 Å². The van der Waals surface area contributed by atoms with E-state index in [4.69, 9.17) is 5.11 Å². The largest absolute Gasteiger partial charge is 0.480 e. The molecule has 6 heteroatoms. The van der Waals surface area contributed by atoms with Crippen LogP contribution in [0.1, 0.15) is 12.5 Å². The van der Waals surface area contributed by atoms with E-state index in [-0.39, 0.29) is 0 Å². The summed E-state index contributed by atoms with van der Waals surface area (Å²) >= 11 is 3.33. The lowest BCUT2D eigenvalue weighted by Gasteiger charge is -2.22. The van der Waals surface area contributed by atoms with Gasteiger partial charge in [0.1, 0.15) is 6.04 Å². The van der Waals surface area contributed by atoms with Crippen LogP contribution in [0.25, 0.3) is 0 Å². The number of anilines is 1. The molecule has 1 aromatic carbocycles. The van der Waals surface area contributed by atoms with Crippen LogP contribution in [-0.4, -0.2) is 35.1 Å². The third-order valence-electron chi connectivity index (χ3n) is 2.55. The molecule has 0 aliphatic carbocycles. The molecule has 2 N–H and O–H groups in total. The molecule has 0 radical (unpaired) electrons. The van der Waals surface area contributed by atoms with Gasteiger partial charge in [-0.15, -0.1) is 0 Å². The molecule has 0 fully saturated rings. The molecule has 1 aromatic rings. The van der Waals surface area contributed by atoms with Crippen LogP contribution in [0.3, 0.4) is 0 Å². The highest BCUT2D eigenvalue weighted by Gasteiger charge is 2.21. The van der Waals surface area contributed by atoms with Crippen molar-refractivity contribution in [3.63, 3.8) is 0 Å². The summed E-state index contributed by atoms with van der Waals surface area (Å²) in [6.45, 7) is 3.36. The molecule has 5 nitrogen and oxygen atoms in total. The maximum atomic E-state index is 11.8. The zero-order chi connectivity index (χ0) is 13.9. The van der Waals surface area contributed by atoms with Crippen LogP contribution in [0.4, 0.5) is 10.5 Å². The average molecular weight is 315 g/mol. The van der Waals surface area contributed by atoms with E-state index in [0.29, 0.717) is 5.69 Å². The monoisotopic (exact) mass is 314 g/mol. The van der Waals surface area contributed by atoms with Crippen LogP contribution in [0.15, 0.2) is 22.7 Å². The van der Waals surface area contributed by atoms with Gasteiger partial charge in [0.2, 0.25) is 0 Å². The molecule has 0 aliphatic rings. The molecule has 18 heavy (non-hydrogen) atoms. The minimum Gasteiger partial charge on any atom is -0.480 e. The number of amides is 2.